The third-order valence-corrected chi connectivity index (χ3v) is 5.59. The maximum atomic E-state index is 12.5. The molecule has 2 rings (SSSR count). The van der Waals surface area contributed by atoms with Crippen molar-refractivity contribution in [3.05, 3.63) is 19.2 Å². The highest BCUT2D eigenvalue weighted by molar-refractivity contribution is 9.12. The number of hydrogen-bond acceptors (Lipinski definition) is 3. The molecule has 1 aromatic rings. The summed E-state index contributed by atoms with van der Waals surface area (Å²) < 4.78 is 1.79. The molecule has 1 amide bonds. The molecule has 1 aliphatic rings. The number of aliphatic hydroxyl groups is 1. The molecule has 3 nitrogen and oxygen atoms in total. The normalized spacial score (nSPS) is 16.2. The number of thiophene rings is 1. The molecule has 1 heterocycles. The van der Waals surface area contributed by atoms with Gasteiger partial charge in [-0.05, 0) is 50.8 Å². The van der Waals surface area contributed by atoms with E-state index in [1.165, 1.54) is 24.2 Å². The topological polar surface area (TPSA) is 40.5 Å². The number of halogens is 2. The minimum Gasteiger partial charge on any atom is -0.395 e. The second-order valence-corrected chi connectivity index (χ2v) is 8.15. The highest BCUT2D eigenvalue weighted by atomic mass is 79.9. The average Bonchev–Trinajstić information content (AvgIpc) is 2.95. The molecule has 100 valence electrons. The summed E-state index contributed by atoms with van der Waals surface area (Å²) in [5, 5.41) is 9.16. The molecule has 0 unspecified atom stereocenters. The maximum Gasteiger partial charge on any atom is 0.256 e. The molecule has 1 aliphatic carbocycles. The van der Waals surface area contributed by atoms with Crippen LogP contribution in [0, 0.1) is 0 Å². The van der Waals surface area contributed by atoms with Crippen LogP contribution in [0.5, 0.6) is 0 Å². The van der Waals surface area contributed by atoms with Crippen molar-refractivity contribution in [3.63, 3.8) is 0 Å². The highest BCUT2D eigenvalue weighted by Crippen LogP contribution is 2.34. The molecule has 0 atom stereocenters. The molecule has 0 bridgehead atoms. The van der Waals surface area contributed by atoms with Gasteiger partial charge in [-0.15, -0.1) is 11.3 Å². The van der Waals surface area contributed by atoms with Crippen molar-refractivity contribution in [1.82, 2.24) is 4.90 Å². The fraction of sp³-hybridized carbons (Fsp3) is 0.583. The number of rotatable bonds is 4. The summed E-state index contributed by atoms with van der Waals surface area (Å²) in [4.78, 5) is 14.4. The molecule has 0 saturated heterocycles. The standard InChI is InChI=1S/C12H15Br2NO2S/c13-10-7-9(11(14)18-10)12(17)15(5-6-16)8-3-1-2-4-8/h7-8,16H,1-6H2. The summed E-state index contributed by atoms with van der Waals surface area (Å²) in [6.07, 6.45) is 4.45. The number of carbonyl (C=O) groups excluding carboxylic acids is 1. The van der Waals surface area contributed by atoms with Gasteiger partial charge in [0.25, 0.3) is 5.91 Å². The van der Waals surface area contributed by atoms with Crippen LogP contribution in [0.1, 0.15) is 36.0 Å². The quantitative estimate of drug-likeness (QED) is 0.843. The second-order valence-electron chi connectivity index (χ2n) is 4.40. The Labute approximate surface area is 127 Å². The van der Waals surface area contributed by atoms with Crippen molar-refractivity contribution in [2.75, 3.05) is 13.2 Å². The molecule has 1 N–H and O–H groups in total. The zero-order valence-electron chi connectivity index (χ0n) is 9.86. The van der Waals surface area contributed by atoms with E-state index in [0.717, 1.165) is 20.4 Å². The van der Waals surface area contributed by atoms with E-state index in [4.69, 9.17) is 5.11 Å². The summed E-state index contributed by atoms with van der Waals surface area (Å²) in [7, 11) is 0. The van der Waals surface area contributed by atoms with E-state index in [2.05, 4.69) is 31.9 Å². The first-order valence-electron chi connectivity index (χ1n) is 6.00. The van der Waals surface area contributed by atoms with Gasteiger partial charge in [-0.3, -0.25) is 4.79 Å². The lowest BCUT2D eigenvalue weighted by molar-refractivity contribution is 0.0637. The maximum absolute atomic E-state index is 12.5. The summed E-state index contributed by atoms with van der Waals surface area (Å²) in [6.45, 7) is 0.439. The second kappa shape index (κ2) is 6.50. The minimum absolute atomic E-state index is 0.0183. The van der Waals surface area contributed by atoms with Crippen LogP contribution in [0.15, 0.2) is 13.6 Å². The van der Waals surface area contributed by atoms with E-state index in [1.807, 2.05) is 11.0 Å². The van der Waals surface area contributed by atoms with E-state index >= 15 is 0 Å². The van der Waals surface area contributed by atoms with Crippen LogP contribution in [0.4, 0.5) is 0 Å². The van der Waals surface area contributed by atoms with Crippen molar-refractivity contribution < 1.29 is 9.90 Å². The van der Waals surface area contributed by atoms with Crippen LogP contribution in [0.2, 0.25) is 0 Å². The Balaban J connectivity index is 2.19. The van der Waals surface area contributed by atoms with Crippen molar-refractivity contribution in [1.29, 1.82) is 0 Å². The van der Waals surface area contributed by atoms with E-state index in [9.17, 15) is 4.79 Å². The minimum atomic E-state index is 0.0183. The zero-order valence-corrected chi connectivity index (χ0v) is 13.9. The van der Waals surface area contributed by atoms with Crippen molar-refractivity contribution in [3.8, 4) is 0 Å². The Bertz CT molecular complexity index is 430. The van der Waals surface area contributed by atoms with E-state index in [1.54, 1.807) is 0 Å². The Hall–Kier alpha value is 0.0900. The number of hydrogen-bond donors (Lipinski definition) is 1. The third kappa shape index (κ3) is 3.15. The van der Waals surface area contributed by atoms with Crippen LogP contribution in [-0.4, -0.2) is 35.1 Å². The van der Waals surface area contributed by atoms with Gasteiger partial charge in [0.2, 0.25) is 0 Å². The number of amides is 1. The van der Waals surface area contributed by atoms with Gasteiger partial charge >= 0.3 is 0 Å². The molecule has 0 radical (unpaired) electrons. The predicted octanol–water partition coefficient (Wildman–Crippen LogP) is 3.65. The van der Waals surface area contributed by atoms with Gasteiger partial charge in [-0.2, -0.15) is 0 Å². The molecule has 18 heavy (non-hydrogen) atoms. The van der Waals surface area contributed by atoms with Crippen molar-refractivity contribution in [2.45, 2.75) is 31.7 Å². The SMILES string of the molecule is O=C(c1cc(Br)sc1Br)N(CCO)C1CCCC1. The number of carbonyl (C=O) groups is 1. The fourth-order valence-corrected chi connectivity index (χ4v) is 5.19. The fourth-order valence-electron chi connectivity index (χ4n) is 2.41. The van der Waals surface area contributed by atoms with Gasteiger partial charge in [0.1, 0.15) is 0 Å². The van der Waals surface area contributed by atoms with Gasteiger partial charge < -0.3 is 10.0 Å². The summed E-state index contributed by atoms with van der Waals surface area (Å²) >= 11 is 8.31. The van der Waals surface area contributed by atoms with Gasteiger partial charge in [-0.25, -0.2) is 0 Å². The first-order valence-corrected chi connectivity index (χ1v) is 8.40. The molecule has 1 fully saturated rings. The molecular formula is C12H15Br2NO2S. The third-order valence-electron chi connectivity index (χ3n) is 3.25. The molecule has 1 aromatic heterocycles. The lowest BCUT2D eigenvalue weighted by atomic mass is 10.2. The Morgan fingerprint density at radius 3 is 2.61 bits per heavy atom. The van der Waals surface area contributed by atoms with Crippen molar-refractivity contribution in [2.24, 2.45) is 0 Å². The first-order chi connectivity index (χ1) is 8.63. The van der Waals surface area contributed by atoms with Crippen molar-refractivity contribution >= 4 is 49.1 Å². The predicted molar refractivity (Wildman–Crippen MR) is 80.1 cm³/mol. The van der Waals surface area contributed by atoms with Crippen LogP contribution in [0.3, 0.4) is 0 Å². The molecule has 0 aromatic carbocycles. The van der Waals surface area contributed by atoms with Gasteiger partial charge in [0.05, 0.1) is 19.7 Å². The van der Waals surface area contributed by atoms with E-state index in [0.29, 0.717) is 12.1 Å². The van der Waals surface area contributed by atoms with E-state index < -0.39 is 0 Å². The smallest absolute Gasteiger partial charge is 0.256 e. The van der Waals surface area contributed by atoms with Crippen LogP contribution >= 0.6 is 43.2 Å². The molecule has 0 spiro atoms. The Morgan fingerprint density at radius 2 is 2.11 bits per heavy atom. The summed E-state index contributed by atoms with van der Waals surface area (Å²) in [5.41, 5.74) is 0.687. The van der Waals surface area contributed by atoms with Gasteiger partial charge in [-0.1, -0.05) is 12.8 Å². The molecule has 0 aliphatic heterocycles. The van der Waals surface area contributed by atoms with E-state index in [-0.39, 0.29) is 18.6 Å². The molecular weight excluding hydrogens is 382 g/mol. The highest BCUT2D eigenvalue weighted by Gasteiger charge is 2.28. The van der Waals surface area contributed by atoms with Gasteiger partial charge in [0.15, 0.2) is 0 Å². The summed E-state index contributed by atoms with van der Waals surface area (Å²) in [6, 6.07) is 2.13. The zero-order chi connectivity index (χ0) is 13.1. The lowest BCUT2D eigenvalue weighted by Crippen LogP contribution is -2.40. The average molecular weight is 397 g/mol. The lowest BCUT2D eigenvalue weighted by Gasteiger charge is -2.28. The van der Waals surface area contributed by atoms with Crippen LogP contribution < -0.4 is 0 Å². The number of nitrogens with zero attached hydrogens (tertiary/aromatic N) is 1. The van der Waals surface area contributed by atoms with Crippen LogP contribution in [0.25, 0.3) is 0 Å². The van der Waals surface area contributed by atoms with Crippen LogP contribution in [-0.2, 0) is 0 Å². The number of aliphatic hydroxyl groups excluding tert-OH is 1. The summed E-state index contributed by atoms with van der Waals surface area (Å²) in [5.74, 6) is 0.0183. The molecule has 6 heteroatoms. The molecule has 1 saturated carbocycles. The monoisotopic (exact) mass is 395 g/mol. The largest absolute Gasteiger partial charge is 0.395 e. The van der Waals surface area contributed by atoms with Gasteiger partial charge in [0, 0.05) is 12.6 Å². The first kappa shape index (κ1) is 14.5. The Kier molecular flexibility index (Phi) is 5.24. The Morgan fingerprint density at radius 1 is 1.44 bits per heavy atom.